The van der Waals surface area contributed by atoms with Crippen LogP contribution in [0.3, 0.4) is 0 Å². The lowest BCUT2D eigenvalue weighted by atomic mass is 10.0. The van der Waals surface area contributed by atoms with Gasteiger partial charge in [-0.15, -0.1) is 0 Å². The summed E-state index contributed by atoms with van der Waals surface area (Å²) in [5.41, 5.74) is 0.301. The first-order valence-electron chi connectivity index (χ1n) is 7.63. The van der Waals surface area contributed by atoms with Gasteiger partial charge in [0.05, 0.1) is 16.6 Å². The molecule has 1 atom stereocenters. The molecule has 0 aliphatic heterocycles. The molecule has 130 valence electrons. The molecule has 0 heterocycles. The Hall–Kier alpha value is -1.60. The lowest BCUT2D eigenvalue weighted by Gasteiger charge is -2.21. The molecule has 0 spiro atoms. The van der Waals surface area contributed by atoms with Gasteiger partial charge in [-0.1, -0.05) is 19.1 Å². The molecule has 0 aliphatic carbocycles. The molecule has 2 amide bonds. The number of hydrogen-bond donors (Lipinski definition) is 3. The zero-order valence-corrected chi connectivity index (χ0v) is 14.9. The Morgan fingerprint density at radius 3 is 2.30 bits per heavy atom. The maximum atomic E-state index is 11.9. The lowest BCUT2D eigenvalue weighted by Crippen LogP contribution is -2.41. The quantitative estimate of drug-likeness (QED) is 0.708. The van der Waals surface area contributed by atoms with E-state index in [-0.39, 0.29) is 12.3 Å². The molecule has 23 heavy (non-hydrogen) atoms. The molecule has 0 radical (unpaired) electrons. The van der Waals surface area contributed by atoms with Gasteiger partial charge in [-0.25, -0.2) is 13.2 Å². The van der Waals surface area contributed by atoms with Crippen molar-refractivity contribution in [3.63, 3.8) is 0 Å². The second-order valence-corrected chi connectivity index (χ2v) is 8.77. The van der Waals surface area contributed by atoms with E-state index in [1.165, 1.54) is 0 Å². The average molecular weight is 342 g/mol. The van der Waals surface area contributed by atoms with Crippen LogP contribution < -0.4 is 10.6 Å². The number of carbonyl (C=O) groups excluding carboxylic acids is 1. The van der Waals surface area contributed by atoms with Gasteiger partial charge < -0.3 is 15.7 Å². The maximum Gasteiger partial charge on any atom is 0.319 e. The Morgan fingerprint density at radius 2 is 1.83 bits per heavy atom. The van der Waals surface area contributed by atoms with Crippen molar-refractivity contribution in [3.8, 4) is 0 Å². The highest BCUT2D eigenvalue weighted by Crippen LogP contribution is 2.14. The Balaban J connectivity index is 2.59. The highest BCUT2D eigenvalue weighted by atomic mass is 32.2. The van der Waals surface area contributed by atoms with Crippen LogP contribution in [-0.4, -0.2) is 37.0 Å². The first kappa shape index (κ1) is 19.4. The highest BCUT2D eigenvalue weighted by Gasteiger charge is 2.18. The summed E-state index contributed by atoms with van der Waals surface area (Å²) in [7, 11) is -3.14. The van der Waals surface area contributed by atoms with Crippen molar-refractivity contribution in [1.82, 2.24) is 5.32 Å². The summed E-state index contributed by atoms with van der Waals surface area (Å²) >= 11 is 0. The predicted octanol–water partition coefficient (Wildman–Crippen LogP) is 2.29. The monoisotopic (exact) mass is 342 g/mol. The van der Waals surface area contributed by atoms with Crippen LogP contribution in [0.1, 0.15) is 39.7 Å². The van der Waals surface area contributed by atoms with Gasteiger partial charge in [0, 0.05) is 12.2 Å². The van der Waals surface area contributed by atoms with Crippen LogP contribution in [0.2, 0.25) is 0 Å². The first-order valence-corrected chi connectivity index (χ1v) is 9.35. The van der Waals surface area contributed by atoms with Gasteiger partial charge >= 0.3 is 6.03 Å². The van der Waals surface area contributed by atoms with Gasteiger partial charge in [-0.3, -0.25) is 0 Å². The van der Waals surface area contributed by atoms with E-state index in [0.717, 1.165) is 0 Å². The number of sulfone groups is 1. The van der Waals surface area contributed by atoms with Gasteiger partial charge in [0.2, 0.25) is 0 Å². The van der Waals surface area contributed by atoms with Gasteiger partial charge in [-0.05, 0) is 44.9 Å². The third-order valence-electron chi connectivity index (χ3n) is 3.69. The van der Waals surface area contributed by atoms with Crippen LogP contribution in [0.4, 0.5) is 10.5 Å². The van der Waals surface area contributed by atoms with Crippen LogP contribution in [0, 0.1) is 0 Å². The number of nitrogens with one attached hydrogen (secondary N) is 2. The van der Waals surface area contributed by atoms with E-state index in [0.29, 0.717) is 17.7 Å². The number of amides is 2. The average Bonchev–Trinajstić information content (AvgIpc) is 2.47. The van der Waals surface area contributed by atoms with Crippen molar-refractivity contribution in [2.24, 2.45) is 0 Å². The van der Waals surface area contributed by atoms with E-state index >= 15 is 0 Å². The minimum Gasteiger partial charge on any atom is -0.388 e. The molecular formula is C16H26N2O4S. The van der Waals surface area contributed by atoms with Gasteiger partial charge in [0.15, 0.2) is 9.84 Å². The van der Waals surface area contributed by atoms with Crippen LogP contribution in [0.5, 0.6) is 0 Å². The molecule has 0 saturated heterocycles. The fraction of sp³-hybridized carbons (Fsp3) is 0.562. The second kappa shape index (κ2) is 7.79. The van der Waals surface area contributed by atoms with Crippen LogP contribution in [-0.2, 0) is 15.6 Å². The largest absolute Gasteiger partial charge is 0.388 e. The summed E-state index contributed by atoms with van der Waals surface area (Å²) in [6.45, 7) is 6.95. The van der Waals surface area contributed by atoms with E-state index in [9.17, 15) is 18.3 Å². The Bertz CT molecular complexity index is 622. The molecule has 7 heteroatoms. The van der Waals surface area contributed by atoms with E-state index in [2.05, 4.69) is 10.6 Å². The van der Waals surface area contributed by atoms with Crippen molar-refractivity contribution < 1.29 is 18.3 Å². The summed E-state index contributed by atoms with van der Waals surface area (Å²) in [6, 6.07) is 6.25. The smallest absolute Gasteiger partial charge is 0.319 e. The van der Waals surface area contributed by atoms with Crippen LogP contribution in [0.25, 0.3) is 0 Å². The number of urea groups is 1. The van der Waals surface area contributed by atoms with E-state index in [1.807, 2.05) is 6.92 Å². The second-order valence-electron chi connectivity index (χ2n) is 6.21. The lowest BCUT2D eigenvalue weighted by molar-refractivity contribution is 0.0587. The Labute approximate surface area is 138 Å². The predicted molar refractivity (Wildman–Crippen MR) is 92.1 cm³/mol. The molecule has 1 aromatic rings. The van der Waals surface area contributed by atoms with Crippen molar-refractivity contribution in [1.29, 1.82) is 0 Å². The summed E-state index contributed by atoms with van der Waals surface area (Å²) < 4.78 is 23.7. The first-order chi connectivity index (χ1) is 10.6. The molecule has 0 fully saturated rings. The Morgan fingerprint density at radius 1 is 1.26 bits per heavy atom. The number of benzene rings is 1. The molecule has 0 saturated carbocycles. The van der Waals surface area contributed by atoms with Crippen molar-refractivity contribution in [3.05, 3.63) is 29.8 Å². The standard InChI is InChI=1S/C16H26N2O4S/c1-5-16(4,20)11-17-15(19)18-14-8-6-13(7-9-14)10-23(21,22)12(2)3/h6-9,12,20H,5,10-11H2,1-4H3,(H2,17,18,19)/t16-/m0/s1. The third-order valence-corrected chi connectivity index (χ3v) is 5.86. The van der Waals surface area contributed by atoms with Crippen molar-refractivity contribution >= 4 is 21.6 Å². The summed E-state index contributed by atoms with van der Waals surface area (Å²) in [5, 5.41) is 14.6. The van der Waals surface area contributed by atoms with Gasteiger partial charge in [0.25, 0.3) is 0 Å². The van der Waals surface area contributed by atoms with Crippen molar-refractivity contribution in [2.75, 3.05) is 11.9 Å². The zero-order chi connectivity index (χ0) is 17.7. The van der Waals surface area contributed by atoms with Crippen LogP contribution in [0.15, 0.2) is 24.3 Å². The third kappa shape index (κ3) is 6.58. The number of rotatable bonds is 7. The molecule has 0 bridgehead atoms. The fourth-order valence-corrected chi connectivity index (χ4v) is 2.64. The van der Waals surface area contributed by atoms with Crippen LogP contribution >= 0.6 is 0 Å². The van der Waals surface area contributed by atoms with E-state index < -0.39 is 26.7 Å². The number of anilines is 1. The Kier molecular flexibility index (Phi) is 6.58. The fourth-order valence-electron chi connectivity index (χ4n) is 1.65. The van der Waals surface area contributed by atoms with Gasteiger partial charge in [-0.2, -0.15) is 0 Å². The topological polar surface area (TPSA) is 95.5 Å². The summed E-state index contributed by atoms with van der Waals surface area (Å²) in [4.78, 5) is 11.7. The molecule has 0 unspecified atom stereocenters. The molecule has 3 N–H and O–H groups in total. The normalized spacial score (nSPS) is 14.3. The van der Waals surface area contributed by atoms with Crippen molar-refractivity contribution in [2.45, 2.75) is 50.7 Å². The molecule has 0 aromatic heterocycles. The number of aliphatic hydroxyl groups is 1. The number of hydrogen-bond acceptors (Lipinski definition) is 4. The maximum absolute atomic E-state index is 11.9. The molecule has 1 aromatic carbocycles. The zero-order valence-electron chi connectivity index (χ0n) is 14.1. The minimum atomic E-state index is -3.14. The summed E-state index contributed by atoms with van der Waals surface area (Å²) in [5.74, 6) is -0.0174. The highest BCUT2D eigenvalue weighted by molar-refractivity contribution is 7.91. The van der Waals surface area contributed by atoms with Gasteiger partial charge in [0.1, 0.15) is 0 Å². The van der Waals surface area contributed by atoms with E-state index in [4.69, 9.17) is 0 Å². The number of carbonyl (C=O) groups is 1. The molecular weight excluding hydrogens is 316 g/mol. The van der Waals surface area contributed by atoms with E-state index in [1.54, 1.807) is 45.0 Å². The SMILES string of the molecule is CC[C@](C)(O)CNC(=O)Nc1ccc(CS(=O)(=O)C(C)C)cc1. The molecule has 0 aliphatic rings. The molecule has 1 rings (SSSR count). The summed E-state index contributed by atoms with van der Waals surface area (Å²) in [6.07, 6.45) is 0.534. The minimum absolute atomic E-state index is 0.0174. The molecule has 6 nitrogen and oxygen atoms in total.